The van der Waals surface area contributed by atoms with Crippen molar-refractivity contribution in [3.05, 3.63) is 54.1 Å². The van der Waals surface area contributed by atoms with Crippen molar-refractivity contribution in [2.24, 2.45) is 5.92 Å². The Kier molecular flexibility index (Phi) is 6.34. The number of hydrogen-bond acceptors (Lipinski definition) is 5. The SMILES string of the molecule is COc1ccc(-c2cc(C(=O)NC(CO)C(C)C)c3ccccc3n2)cc1OC. The second-order valence-corrected chi connectivity index (χ2v) is 7.15. The number of amides is 1. The van der Waals surface area contributed by atoms with E-state index in [4.69, 9.17) is 14.5 Å². The van der Waals surface area contributed by atoms with Gasteiger partial charge in [0.1, 0.15) is 0 Å². The van der Waals surface area contributed by atoms with Crippen LogP contribution in [-0.2, 0) is 0 Å². The van der Waals surface area contributed by atoms with Crippen LogP contribution in [0.25, 0.3) is 22.2 Å². The standard InChI is InChI=1S/C23H26N2O4/c1-14(2)20(13-26)25-23(27)17-12-19(24-18-8-6-5-7-16(17)18)15-9-10-21(28-3)22(11-15)29-4/h5-12,14,20,26H,13H2,1-4H3,(H,25,27). The maximum atomic E-state index is 13.0. The Bertz CT molecular complexity index is 1020. The Balaban J connectivity index is 2.10. The average Bonchev–Trinajstić information content (AvgIpc) is 2.75. The first-order chi connectivity index (χ1) is 14.0. The summed E-state index contributed by atoms with van der Waals surface area (Å²) in [5, 5.41) is 13.3. The highest BCUT2D eigenvalue weighted by Gasteiger charge is 2.19. The van der Waals surface area contributed by atoms with Crippen molar-refractivity contribution in [3.8, 4) is 22.8 Å². The third-order valence-corrected chi connectivity index (χ3v) is 4.96. The van der Waals surface area contributed by atoms with E-state index in [9.17, 15) is 9.90 Å². The Morgan fingerprint density at radius 3 is 2.45 bits per heavy atom. The number of carbonyl (C=O) groups excluding carboxylic acids is 1. The summed E-state index contributed by atoms with van der Waals surface area (Å²) in [5.74, 6) is 1.09. The molecule has 1 unspecified atom stereocenters. The maximum Gasteiger partial charge on any atom is 0.252 e. The van der Waals surface area contributed by atoms with Gasteiger partial charge in [0.15, 0.2) is 11.5 Å². The van der Waals surface area contributed by atoms with Crippen LogP contribution in [0.3, 0.4) is 0 Å². The molecule has 1 heterocycles. The van der Waals surface area contributed by atoms with Crippen LogP contribution < -0.4 is 14.8 Å². The fourth-order valence-corrected chi connectivity index (χ4v) is 3.18. The number of carbonyl (C=O) groups is 1. The quantitative estimate of drug-likeness (QED) is 0.639. The first-order valence-electron chi connectivity index (χ1n) is 9.52. The minimum absolute atomic E-state index is 0.113. The molecule has 1 amide bonds. The predicted molar refractivity (Wildman–Crippen MR) is 113 cm³/mol. The lowest BCUT2D eigenvalue weighted by atomic mass is 10.0. The Hall–Kier alpha value is -3.12. The summed E-state index contributed by atoms with van der Waals surface area (Å²) in [6.07, 6.45) is 0. The molecule has 3 rings (SSSR count). The van der Waals surface area contributed by atoms with Crippen molar-refractivity contribution in [3.63, 3.8) is 0 Å². The molecule has 0 fully saturated rings. The molecule has 152 valence electrons. The molecule has 1 aromatic heterocycles. The van der Waals surface area contributed by atoms with Gasteiger partial charge >= 0.3 is 0 Å². The fourth-order valence-electron chi connectivity index (χ4n) is 3.18. The second-order valence-electron chi connectivity index (χ2n) is 7.15. The molecular weight excluding hydrogens is 368 g/mol. The molecule has 0 bridgehead atoms. The van der Waals surface area contributed by atoms with Gasteiger partial charge in [0.25, 0.3) is 5.91 Å². The molecule has 0 saturated carbocycles. The number of aliphatic hydroxyl groups excluding tert-OH is 1. The van der Waals surface area contributed by atoms with Crippen LogP contribution in [0.15, 0.2) is 48.5 Å². The second kappa shape index (κ2) is 8.92. The molecule has 0 aliphatic rings. The van der Waals surface area contributed by atoms with Crippen LogP contribution in [0.2, 0.25) is 0 Å². The zero-order valence-corrected chi connectivity index (χ0v) is 17.1. The van der Waals surface area contributed by atoms with E-state index >= 15 is 0 Å². The van der Waals surface area contributed by atoms with Gasteiger partial charge in [-0.1, -0.05) is 32.0 Å². The van der Waals surface area contributed by atoms with Crippen LogP contribution in [0.5, 0.6) is 11.5 Å². The van der Waals surface area contributed by atoms with E-state index in [0.29, 0.717) is 22.8 Å². The van der Waals surface area contributed by atoms with Crippen LogP contribution in [0.1, 0.15) is 24.2 Å². The van der Waals surface area contributed by atoms with Crippen LogP contribution in [0.4, 0.5) is 0 Å². The van der Waals surface area contributed by atoms with E-state index in [1.165, 1.54) is 0 Å². The molecule has 0 radical (unpaired) electrons. The van der Waals surface area contributed by atoms with E-state index in [0.717, 1.165) is 16.5 Å². The summed E-state index contributed by atoms with van der Waals surface area (Å²) in [7, 11) is 3.16. The first kappa shape index (κ1) is 20.6. The summed E-state index contributed by atoms with van der Waals surface area (Å²) < 4.78 is 10.7. The number of nitrogens with one attached hydrogen (secondary N) is 1. The number of nitrogens with zero attached hydrogens (tertiary/aromatic N) is 1. The Labute approximate surface area is 170 Å². The van der Waals surface area contributed by atoms with Gasteiger partial charge in [0, 0.05) is 10.9 Å². The normalized spacial score (nSPS) is 12.1. The maximum absolute atomic E-state index is 13.0. The van der Waals surface area contributed by atoms with Crippen molar-refractivity contribution in [1.82, 2.24) is 10.3 Å². The number of benzene rings is 2. The van der Waals surface area contributed by atoms with E-state index in [1.54, 1.807) is 20.3 Å². The molecule has 1 atom stereocenters. The lowest BCUT2D eigenvalue weighted by Gasteiger charge is -2.20. The zero-order chi connectivity index (χ0) is 21.0. The molecule has 3 aromatic rings. The van der Waals surface area contributed by atoms with Gasteiger partial charge in [-0.25, -0.2) is 4.98 Å². The van der Waals surface area contributed by atoms with Gasteiger partial charge in [0.05, 0.1) is 43.6 Å². The molecule has 6 nitrogen and oxygen atoms in total. The highest BCUT2D eigenvalue weighted by Crippen LogP contribution is 2.33. The van der Waals surface area contributed by atoms with Gasteiger partial charge < -0.3 is 19.9 Å². The summed E-state index contributed by atoms with van der Waals surface area (Å²) in [6.45, 7) is 3.80. The number of para-hydroxylation sites is 1. The lowest BCUT2D eigenvalue weighted by Crippen LogP contribution is -2.41. The number of hydrogen-bond donors (Lipinski definition) is 2. The monoisotopic (exact) mass is 394 g/mol. The number of methoxy groups -OCH3 is 2. The van der Waals surface area contributed by atoms with Crippen LogP contribution >= 0.6 is 0 Å². The van der Waals surface area contributed by atoms with Crippen molar-refractivity contribution in [2.75, 3.05) is 20.8 Å². The topological polar surface area (TPSA) is 80.7 Å². The number of aliphatic hydroxyl groups is 1. The number of pyridine rings is 1. The van der Waals surface area contributed by atoms with Gasteiger partial charge in [-0.05, 0) is 36.2 Å². The Morgan fingerprint density at radius 1 is 1.07 bits per heavy atom. The number of ether oxygens (including phenoxy) is 2. The van der Waals surface area contributed by atoms with E-state index in [2.05, 4.69) is 5.32 Å². The smallest absolute Gasteiger partial charge is 0.252 e. The zero-order valence-electron chi connectivity index (χ0n) is 17.1. The minimum atomic E-state index is -0.320. The number of aromatic nitrogens is 1. The van der Waals surface area contributed by atoms with Gasteiger partial charge in [-0.15, -0.1) is 0 Å². The fraction of sp³-hybridized carbons (Fsp3) is 0.304. The molecule has 0 spiro atoms. The summed E-state index contributed by atoms with van der Waals surface area (Å²) in [5.41, 5.74) is 2.69. The van der Waals surface area contributed by atoms with Gasteiger partial charge in [-0.3, -0.25) is 4.79 Å². The van der Waals surface area contributed by atoms with Gasteiger partial charge in [-0.2, -0.15) is 0 Å². The molecule has 2 aromatic carbocycles. The van der Waals surface area contributed by atoms with Crippen LogP contribution in [0, 0.1) is 5.92 Å². The van der Waals surface area contributed by atoms with Crippen molar-refractivity contribution >= 4 is 16.8 Å². The molecule has 0 aliphatic heterocycles. The lowest BCUT2D eigenvalue weighted by molar-refractivity contribution is 0.0898. The predicted octanol–water partition coefficient (Wildman–Crippen LogP) is 3.67. The highest BCUT2D eigenvalue weighted by atomic mass is 16.5. The summed E-state index contributed by atoms with van der Waals surface area (Å²) >= 11 is 0. The third kappa shape index (κ3) is 4.32. The van der Waals surface area contributed by atoms with E-state index in [1.807, 2.05) is 56.3 Å². The van der Waals surface area contributed by atoms with Crippen LogP contribution in [-0.4, -0.2) is 42.9 Å². The van der Waals surface area contributed by atoms with Crippen molar-refractivity contribution in [2.45, 2.75) is 19.9 Å². The molecule has 6 heteroatoms. The van der Waals surface area contributed by atoms with E-state index in [-0.39, 0.29) is 24.5 Å². The summed E-state index contributed by atoms with van der Waals surface area (Å²) in [4.78, 5) is 17.8. The molecule has 2 N–H and O–H groups in total. The molecular formula is C23H26N2O4. The van der Waals surface area contributed by atoms with Crippen molar-refractivity contribution < 1.29 is 19.4 Å². The summed E-state index contributed by atoms with van der Waals surface area (Å²) in [6, 6.07) is 14.5. The average molecular weight is 394 g/mol. The Morgan fingerprint density at radius 2 is 1.79 bits per heavy atom. The molecule has 29 heavy (non-hydrogen) atoms. The minimum Gasteiger partial charge on any atom is -0.493 e. The third-order valence-electron chi connectivity index (χ3n) is 4.96. The van der Waals surface area contributed by atoms with Gasteiger partial charge in [0.2, 0.25) is 0 Å². The number of rotatable bonds is 7. The molecule has 0 aliphatic carbocycles. The van der Waals surface area contributed by atoms with Crippen molar-refractivity contribution in [1.29, 1.82) is 0 Å². The largest absolute Gasteiger partial charge is 0.493 e. The first-order valence-corrected chi connectivity index (χ1v) is 9.52. The highest BCUT2D eigenvalue weighted by molar-refractivity contribution is 6.07. The number of fused-ring (bicyclic) bond motifs is 1. The van der Waals surface area contributed by atoms with E-state index < -0.39 is 0 Å². The molecule has 0 saturated heterocycles.